The average molecular weight is 592 g/mol. The van der Waals surface area contributed by atoms with E-state index in [1.165, 1.54) is 148 Å². The lowest BCUT2D eigenvalue weighted by atomic mass is 10.0. The molecule has 0 aromatic carbocycles. The van der Waals surface area contributed by atoms with Gasteiger partial charge < -0.3 is 15.5 Å². The van der Waals surface area contributed by atoms with Crippen molar-refractivity contribution in [1.29, 1.82) is 0 Å². The Balaban J connectivity index is 3.34. The summed E-state index contributed by atoms with van der Waals surface area (Å²) in [6, 6.07) is -0.614. The van der Waals surface area contributed by atoms with Gasteiger partial charge in [0.25, 0.3) is 0 Å². The van der Waals surface area contributed by atoms with Gasteiger partial charge in [0.1, 0.15) is 0 Å². The molecule has 3 N–H and O–H groups in total. The van der Waals surface area contributed by atoms with Crippen LogP contribution in [-0.4, -0.2) is 34.9 Å². The minimum atomic E-state index is -0.831. The lowest BCUT2D eigenvalue weighted by Gasteiger charge is -2.19. The smallest absolute Gasteiger partial charge is 0.220 e. The zero-order chi connectivity index (χ0) is 30.8. The number of hydrogen-bond donors (Lipinski definition) is 3. The Morgan fingerprint density at radius 1 is 0.548 bits per heavy atom. The first-order chi connectivity index (χ1) is 20.7. The molecule has 248 valence electrons. The van der Waals surface area contributed by atoms with Crippen LogP contribution >= 0.6 is 0 Å². The lowest BCUT2D eigenvalue weighted by molar-refractivity contribution is -0.123. The highest BCUT2D eigenvalue weighted by Crippen LogP contribution is 2.15. The summed E-state index contributed by atoms with van der Waals surface area (Å²) >= 11 is 0. The number of carbonyl (C=O) groups excluding carboxylic acids is 1. The van der Waals surface area contributed by atoms with Crippen molar-refractivity contribution in [3.63, 3.8) is 0 Å². The number of allylic oxidation sites excluding steroid dienone is 3. The lowest BCUT2D eigenvalue weighted by Crippen LogP contribution is -2.45. The number of amides is 1. The fraction of sp³-hybridized carbons (Fsp3) is 0.868. The largest absolute Gasteiger partial charge is 0.394 e. The maximum atomic E-state index is 12.1. The van der Waals surface area contributed by atoms with Crippen molar-refractivity contribution in [2.45, 2.75) is 206 Å². The van der Waals surface area contributed by atoms with E-state index in [0.717, 1.165) is 25.7 Å². The zero-order valence-corrected chi connectivity index (χ0v) is 28.3. The maximum absolute atomic E-state index is 12.1. The van der Waals surface area contributed by atoms with Gasteiger partial charge >= 0.3 is 0 Å². The number of aliphatic hydroxyl groups excluding tert-OH is 2. The normalized spacial score (nSPS) is 13.3. The first-order valence-corrected chi connectivity index (χ1v) is 18.6. The van der Waals surface area contributed by atoms with E-state index in [0.29, 0.717) is 6.42 Å². The summed E-state index contributed by atoms with van der Waals surface area (Å²) in [7, 11) is 0. The highest BCUT2D eigenvalue weighted by atomic mass is 16.3. The standard InChI is InChI=1S/C38H73NO3/c1-3-5-7-8-9-10-11-12-13-14-15-16-17-18-19-20-21-22-23-24-25-26-27-28-29-30-32-34-38(42)39-36(35-40)37(41)33-31-6-4-2/h14-15,31,33,36-37,40-41H,3-13,16-30,32,34-35H2,1-2H3,(H,39,42)/b15-14-,33-31+. The summed E-state index contributed by atoms with van der Waals surface area (Å²) in [6.07, 6.45) is 43.4. The second-order valence-electron chi connectivity index (χ2n) is 12.6. The highest BCUT2D eigenvalue weighted by molar-refractivity contribution is 5.76. The Bertz CT molecular complexity index is 603. The van der Waals surface area contributed by atoms with Gasteiger partial charge in [0.15, 0.2) is 0 Å². The fourth-order valence-corrected chi connectivity index (χ4v) is 5.53. The first-order valence-electron chi connectivity index (χ1n) is 18.6. The van der Waals surface area contributed by atoms with Gasteiger partial charge in [-0.15, -0.1) is 0 Å². The minimum Gasteiger partial charge on any atom is -0.394 e. The van der Waals surface area contributed by atoms with E-state index >= 15 is 0 Å². The molecule has 0 aromatic rings. The van der Waals surface area contributed by atoms with Crippen LogP contribution in [0.2, 0.25) is 0 Å². The molecule has 0 spiro atoms. The number of rotatable bonds is 33. The number of hydrogen-bond acceptors (Lipinski definition) is 3. The molecule has 4 heteroatoms. The summed E-state index contributed by atoms with van der Waals surface area (Å²) in [4.78, 5) is 12.1. The van der Waals surface area contributed by atoms with E-state index in [9.17, 15) is 15.0 Å². The Kier molecular flexibility index (Phi) is 33.4. The Labute approximate surface area is 262 Å². The highest BCUT2D eigenvalue weighted by Gasteiger charge is 2.17. The molecule has 0 fully saturated rings. The fourth-order valence-electron chi connectivity index (χ4n) is 5.53. The molecule has 0 bridgehead atoms. The summed E-state index contributed by atoms with van der Waals surface area (Å²) in [5.41, 5.74) is 0. The van der Waals surface area contributed by atoms with Gasteiger partial charge in [-0.05, 0) is 38.5 Å². The van der Waals surface area contributed by atoms with Gasteiger partial charge in [-0.3, -0.25) is 4.79 Å². The Morgan fingerprint density at radius 3 is 1.36 bits per heavy atom. The number of carbonyl (C=O) groups is 1. The van der Waals surface area contributed by atoms with Crippen LogP contribution in [0.25, 0.3) is 0 Å². The minimum absolute atomic E-state index is 0.0752. The third kappa shape index (κ3) is 30.3. The first kappa shape index (κ1) is 40.9. The maximum Gasteiger partial charge on any atom is 0.220 e. The molecule has 4 nitrogen and oxygen atoms in total. The molecule has 0 aliphatic heterocycles. The summed E-state index contributed by atoms with van der Waals surface area (Å²) in [6.45, 7) is 4.11. The summed E-state index contributed by atoms with van der Waals surface area (Å²) in [5.74, 6) is -0.0752. The molecule has 0 aliphatic carbocycles. The van der Waals surface area contributed by atoms with E-state index in [1.54, 1.807) is 6.08 Å². The molecule has 0 heterocycles. The van der Waals surface area contributed by atoms with Gasteiger partial charge in [-0.1, -0.05) is 173 Å². The Morgan fingerprint density at radius 2 is 0.952 bits per heavy atom. The number of aliphatic hydroxyl groups is 2. The third-order valence-corrected chi connectivity index (χ3v) is 8.41. The van der Waals surface area contributed by atoms with Gasteiger partial charge in [0, 0.05) is 6.42 Å². The second-order valence-corrected chi connectivity index (χ2v) is 12.6. The van der Waals surface area contributed by atoms with E-state index in [4.69, 9.17) is 0 Å². The van der Waals surface area contributed by atoms with Crippen molar-refractivity contribution in [3.8, 4) is 0 Å². The van der Waals surface area contributed by atoms with Gasteiger partial charge in [-0.25, -0.2) is 0 Å². The van der Waals surface area contributed by atoms with Crippen molar-refractivity contribution in [2.75, 3.05) is 6.61 Å². The van der Waals surface area contributed by atoms with Gasteiger partial charge in [0.2, 0.25) is 5.91 Å². The topological polar surface area (TPSA) is 69.6 Å². The van der Waals surface area contributed by atoms with Gasteiger partial charge in [-0.2, -0.15) is 0 Å². The second kappa shape index (κ2) is 34.4. The van der Waals surface area contributed by atoms with Gasteiger partial charge in [0.05, 0.1) is 18.8 Å². The van der Waals surface area contributed by atoms with Crippen molar-refractivity contribution in [3.05, 3.63) is 24.3 Å². The van der Waals surface area contributed by atoms with Crippen LogP contribution in [-0.2, 0) is 4.79 Å². The molecule has 1 amide bonds. The average Bonchev–Trinajstić information content (AvgIpc) is 2.99. The van der Waals surface area contributed by atoms with E-state index in [2.05, 4.69) is 31.3 Å². The third-order valence-electron chi connectivity index (χ3n) is 8.41. The number of nitrogens with one attached hydrogen (secondary N) is 1. The van der Waals surface area contributed by atoms with Crippen molar-refractivity contribution in [2.24, 2.45) is 0 Å². The van der Waals surface area contributed by atoms with Crippen LogP contribution in [0.15, 0.2) is 24.3 Å². The monoisotopic (exact) mass is 592 g/mol. The predicted octanol–water partition coefficient (Wildman–Crippen LogP) is 10.9. The van der Waals surface area contributed by atoms with E-state index < -0.39 is 12.1 Å². The summed E-state index contributed by atoms with van der Waals surface area (Å²) < 4.78 is 0. The quantitative estimate of drug-likeness (QED) is 0.0525. The molecule has 0 radical (unpaired) electrons. The molecule has 0 saturated heterocycles. The SMILES string of the molecule is CCC/C=C/C(O)C(CO)NC(=O)CCCCCCCCCCCCCCCCC/C=C\CCCCCCCCCC. The summed E-state index contributed by atoms with van der Waals surface area (Å²) in [5, 5.41) is 22.3. The van der Waals surface area contributed by atoms with Crippen LogP contribution in [0.5, 0.6) is 0 Å². The molecule has 42 heavy (non-hydrogen) atoms. The molecule has 2 atom stereocenters. The van der Waals surface area contributed by atoms with E-state index in [1.807, 2.05) is 6.08 Å². The molecule has 0 aliphatic rings. The van der Waals surface area contributed by atoms with E-state index in [-0.39, 0.29) is 12.5 Å². The molecule has 2 unspecified atom stereocenters. The molecule has 0 aromatic heterocycles. The Hall–Kier alpha value is -1.13. The molecule has 0 saturated carbocycles. The zero-order valence-electron chi connectivity index (χ0n) is 28.3. The van der Waals surface area contributed by atoms with Crippen LogP contribution in [0, 0.1) is 0 Å². The van der Waals surface area contributed by atoms with Crippen LogP contribution in [0.3, 0.4) is 0 Å². The molecular weight excluding hydrogens is 518 g/mol. The van der Waals surface area contributed by atoms with Crippen molar-refractivity contribution in [1.82, 2.24) is 5.32 Å². The van der Waals surface area contributed by atoms with Crippen LogP contribution in [0.1, 0.15) is 194 Å². The van der Waals surface area contributed by atoms with Crippen LogP contribution < -0.4 is 5.32 Å². The van der Waals surface area contributed by atoms with Crippen molar-refractivity contribution >= 4 is 5.91 Å². The predicted molar refractivity (Wildman–Crippen MR) is 184 cm³/mol. The molecular formula is C38H73NO3. The van der Waals surface area contributed by atoms with Crippen LogP contribution in [0.4, 0.5) is 0 Å². The molecule has 0 rings (SSSR count). The number of unbranched alkanes of at least 4 members (excludes halogenated alkanes) is 24. The van der Waals surface area contributed by atoms with Crippen molar-refractivity contribution < 1.29 is 15.0 Å².